The van der Waals surface area contributed by atoms with Gasteiger partial charge in [-0.1, -0.05) is 13.8 Å². The molecule has 120 valence electrons. The van der Waals surface area contributed by atoms with Crippen LogP contribution in [0.15, 0.2) is 28.0 Å². The number of carbonyl (C=O) groups is 1. The minimum absolute atomic E-state index is 0.0659. The van der Waals surface area contributed by atoms with Crippen LogP contribution in [0.5, 0.6) is 0 Å². The van der Waals surface area contributed by atoms with E-state index in [0.717, 1.165) is 0 Å². The highest BCUT2D eigenvalue weighted by atomic mass is 32.1. The zero-order valence-corrected chi connectivity index (χ0v) is 14.4. The van der Waals surface area contributed by atoms with Gasteiger partial charge in [-0.15, -0.1) is 11.3 Å². The van der Waals surface area contributed by atoms with Crippen LogP contribution in [0.3, 0.4) is 0 Å². The molecular formula is C17H23NO3S. The van der Waals surface area contributed by atoms with Crippen molar-refractivity contribution in [2.75, 3.05) is 13.7 Å². The Morgan fingerprint density at radius 2 is 2.14 bits per heavy atom. The lowest BCUT2D eigenvalue weighted by Crippen LogP contribution is -2.33. The van der Waals surface area contributed by atoms with Crippen LogP contribution in [-0.4, -0.2) is 24.5 Å². The third-order valence-corrected chi connectivity index (χ3v) is 4.34. The average Bonchev–Trinajstić information content (AvgIpc) is 3.07. The van der Waals surface area contributed by atoms with Gasteiger partial charge in [-0.3, -0.25) is 4.79 Å². The number of ether oxygens (including phenoxy) is 1. The third-order valence-electron chi connectivity index (χ3n) is 3.33. The summed E-state index contributed by atoms with van der Waals surface area (Å²) in [6, 6.07) is 5.60. The molecule has 0 aromatic carbocycles. The molecule has 4 nitrogen and oxygen atoms in total. The van der Waals surface area contributed by atoms with Gasteiger partial charge in [0.1, 0.15) is 12.4 Å². The van der Waals surface area contributed by atoms with Gasteiger partial charge in [0.25, 0.3) is 5.91 Å². The summed E-state index contributed by atoms with van der Waals surface area (Å²) in [6.07, 6.45) is 0. The van der Waals surface area contributed by atoms with Crippen molar-refractivity contribution in [3.63, 3.8) is 0 Å². The molecule has 0 saturated heterocycles. The van der Waals surface area contributed by atoms with Crippen molar-refractivity contribution in [1.29, 1.82) is 0 Å². The first-order valence-corrected chi connectivity index (χ1v) is 8.29. The fourth-order valence-electron chi connectivity index (χ4n) is 2.27. The van der Waals surface area contributed by atoms with Gasteiger partial charge in [0.2, 0.25) is 0 Å². The molecule has 5 heteroatoms. The van der Waals surface area contributed by atoms with Crippen molar-refractivity contribution in [2.24, 2.45) is 5.92 Å². The Kier molecular flexibility index (Phi) is 5.80. The maximum Gasteiger partial charge on any atom is 0.289 e. The van der Waals surface area contributed by atoms with Gasteiger partial charge < -0.3 is 14.1 Å². The molecule has 1 amide bonds. The zero-order chi connectivity index (χ0) is 16.1. The number of rotatable bonds is 7. The summed E-state index contributed by atoms with van der Waals surface area (Å²) in [6.45, 7) is 8.01. The number of amides is 1. The minimum Gasteiger partial charge on any atom is -0.453 e. The van der Waals surface area contributed by atoms with Crippen LogP contribution in [0.4, 0.5) is 0 Å². The molecule has 0 unspecified atom stereocenters. The molecule has 22 heavy (non-hydrogen) atoms. The number of hydrogen-bond acceptors (Lipinski definition) is 4. The second-order valence-corrected chi connectivity index (χ2v) is 6.81. The van der Waals surface area contributed by atoms with Crippen molar-refractivity contribution < 1.29 is 13.9 Å². The normalized spacial score (nSPS) is 11.1. The monoisotopic (exact) mass is 321 g/mol. The van der Waals surface area contributed by atoms with E-state index in [1.807, 2.05) is 4.90 Å². The Bertz CT molecular complexity index is 615. The molecule has 0 radical (unpaired) electrons. The molecule has 0 N–H and O–H groups in total. The van der Waals surface area contributed by atoms with E-state index in [1.54, 1.807) is 30.6 Å². The van der Waals surface area contributed by atoms with Crippen LogP contribution >= 0.6 is 11.3 Å². The Hall–Kier alpha value is -1.59. The van der Waals surface area contributed by atoms with Crippen LogP contribution in [0.2, 0.25) is 0 Å². The van der Waals surface area contributed by atoms with Crippen molar-refractivity contribution in [1.82, 2.24) is 4.90 Å². The lowest BCUT2D eigenvalue weighted by molar-refractivity contribution is 0.0684. The largest absolute Gasteiger partial charge is 0.453 e. The maximum absolute atomic E-state index is 12.7. The number of hydrogen-bond donors (Lipinski definition) is 0. The first-order valence-electron chi connectivity index (χ1n) is 7.41. The van der Waals surface area contributed by atoms with E-state index in [-0.39, 0.29) is 5.91 Å². The topological polar surface area (TPSA) is 42.7 Å². The highest BCUT2D eigenvalue weighted by Crippen LogP contribution is 2.21. The lowest BCUT2D eigenvalue weighted by atomic mass is 10.2. The summed E-state index contributed by atoms with van der Waals surface area (Å²) in [7, 11) is 1.61. The summed E-state index contributed by atoms with van der Waals surface area (Å²) >= 11 is 1.69. The molecule has 2 rings (SSSR count). The van der Waals surface area contributed by atoms with Crippen LogP contribution in [0.25, 0.3) is 0 Å². The quantitative estimate of drug-likeness (QED) is 0.771. The van der Waals surface area contributed by atoms with E-state index in [1.165, 1.54) is 10.4 Å². The van der Waals surface area contributed by atoms with E-state index in [2.05, 4.69) is 32.2 Å². The first-order chi connectivity index (χ1) is 10.5. The number of carbonyl (C=O) groups excluding carboxylic acids is 1. The van der Waals surface area contributed by atoms with Gasteiger partial charge >= 0.3 is 0 Å². The number of thiophene rings is 1. The third kappa shape index (κ3) is 4.21. The highest BCUT2D eigenvalue weighted by molar-refractivity contribution is 7.10. The van der Waals surface area contributed by atoms with Crippen molar-refractivity contribution >= 4 is 17.2 Å². The number of methoxy groups -OCH3 is 1. The number of furan rings is 1. The van der Waals surface area contributed by atoms with E-state index >= 15 is 0 Å². The Balaban J connectivity index is 2.16. The lowest BCUT2D eigenvalue weighted by Gasteiger charge is -2.23. The van der Waals surface area contributed by atoms with Crippen LogP contribution < -0.4 is 0 Å². The maximum atomic E-state index is 12.7. The van der Waals surface area contributed by atoms with Gasteiger partial charge in [0, 0.05) is 18.5 Å². The summed E-state index contributed by atoms with van der Waals surface area (Å²) in [5.41, 5.74) is 1.23. The molecule has 2 heterocycles. The fraction of sp³-hybridized carbons (Fsp3) is 0.471. The molecule has 0 aliphatic rings. The van der Waals surface area contributed by atoms with Gasteiger partial charge in [0.15, 0.2) is 5.76 Å². The van der Waals surface area contributed by atoms with Crippen LogP contribution in [0.1, 0.15) is 40.6 Å². The van der Waals surface area contributed by atoms with Gasteiger partial charge in [-0.25, -0.2) is 0 Å². The van der Waals surface area contributed by atoms with Gasteiger partial charge in [-0.2, -0.15) is 0 Å². The molecule has 0 spiro atoms. The first kappa shape index (κ1) is 16.8. The predicted molar refractivity (Wildman–Crippen MR) is 88.1 cm³/mol. The van der Waals surface area contributed by atoms with Gasteiger partial charge in [-0.05, 0) is 42.0 Å². The summed E-state index contributed by atoms with van der Waals surface area (Å²) in [5.74, 6) is 1.38. The predicted octanol–water partition coefficient (Wildman–Crippen LogP) is 4.09. The smallest absolute Gasteiger partial charge is 0.289 e. The molecule has 2 aromatic rings. The second-order valence-electron chi connectivity index (χ2n) is 5.81. The Morgan fingerprint density at radius 3 is 2.73 bits per heavy atom. The second kappa shape index (κ2) is 7.61. The van der Waals surface area contributed by atoms with Crippen molar-refractivity contribution in [2.45, 2.75) is 33.9 Å². The summed E-state index contributed by atoms with van der Waals surface area (Å²) < 4.78 is 10.6. The molecular weight excluding hydrogens is 298 g/mol. The van der Waals surface area contributed by atoms with Crippen molar-refractivity contribution in [3.8, 4) is 0 Å². The minimum atomic E-state index is -0.0659. The number of aryl methyl sites for hydroxylation is 1. The van der Waals surface area contributed by atoms with Crippen LogP contribution in [-0.2, 0) is 17.9 Å². The standard InChI is InChI=1S/C17H23NO3S/c1-12(2)9-18(10-16-13(3)7-8-22-16)17(19)15-6-5-14(21-15)11-20-4/h5-8,12H,9-11H2,1-4H3. The summed E-state index contributed by atoms with van der Waals surface area (Å²) in [5, 5.41) is 2.06. The van der Waals surface area contributed by atoms with Crippen molar-refractivity contribution in [3.05, 3.63) is 45.5 Å². The van der Waals surface area contributed by atoms with E-state index < -0.39 is 0 Å². The zero-order valence-electron chi connectivity index (χ0n) is 13.6. The molecule has 0 aliphatic carbocycles. The van der Waals surface area contributed by atoms with E-state index in [9.17, 15) is 4.79 Å². The van der Waals surface area contributed by atoms with Crippen LogP contribution in [0, 0.1) is 12.8 Å². The molecule has 2 aromatic heterocycles. The number of nitrogens with zero attached hydrogens (tertiary/aromatic N) is 1. The average molecular weight is 321 g/mol. The Labute approximate surface area is 135 Å². The SMILES string of the molecule is COCc1ccc(C(=O)N(Cc2sccc2C)CC(C)C)o1. The molecule has 0 aliphatic heterocycles. The summed E-state index contributed by atoms with van der Waals surface area (Å²) in [4.78, 5) is 15.8. The van der Waals surface area contributed by atoms with E-state index in [0.29, 0.717) is 37.1 Å². The molecule has 0 atom stereocenters. The van der Waals surface area contributed by atoms with E-state index in [4.69, 9.17) is 9.15 Å². The highest BCUT2D eigenvalue weighted by Gasteiger charge is 2.21. The fourth-order valence-corrected chi connectivity index (χ4v) is 3.19. The Morgan fingerprint density at radius 1 is 1.36 bits per heavy atom. The van der Waals surface area contributed by atoms with Gasteiger partial charge in [0.05, 0.1) is 6.54 Å². The molecule has 0 bridgehead atoms. The molecule has 0 fully saturated rings. The molecule has 0 saturated carbocycles.